The Morgan fingerprint density at radius 1 is 1.02 bits per heavy atom. The molecule has 4 aliphatic heterocycles. The summed E-state index contributed by atoms with van der Waals surface area (Å²) in [6.07, 6.45) is 1.91. The van der Waals surface area contributed by atoms with Crippen LogP contribution in [-0.4, -0.2) is 117 Å². The zero-order valence-electron chi connectivity index (χ0n) is 29.1. The Kier molecular flexibility index (Phi) is 9.25. The molecule has 4 amide bonds. The molecule has 7 rings (SSSR count). The van der Waals surface area contributed by atoms with Crippen LogP contribution >= 0.6 is 0 Å². The third-order valence-corrected chi connectivity index (χ3v) is 10.9. The minimum Gasteiger partial charge on any atom is -0.495 e. The molecule has 0 radical (unpaired) electrons. The number of nitrogens with one attached hydrogen (secondary N) is 1. The Morgan fingerprint density at radius 2 is 1.80 bits per heavy atom. The van der Waals surface area contributed by atoms with E-state index in [4.69, 9.17) is 9.47 Å². The summed E-state index contributed by atoms with van der Waals surface area (Å²) in [7, 11) is 5.69. The Balaban J connectivity index is 1.20. The molecule has 3 aromatic carbocycles. The van der Waals surface area contributed by atoms with Crippen LogP contribution in [0.5, 0.6) is 5.75 Å². The van der Waals surface area contributed by atoms with Crippen LogP contribution in [0.3, 0.4) is 0 Å². The molecule has 3 aromatic rings. The minimum absolute atomic E-state index is 0.0170. The fourth-order valence-electron chi connectivity index (χ4n) is 8.58. The molecule has 1 N–H and O–H groups in total. The van der Waals surface area contributed by atoms with E-state index in [1.54, 1.807) is 7.11 Å². The minimum atomic E-state index is -0.932. The third kappa shape index (κ3) is 5.91. The molecule has 4 fully saturated rings. The van der Waals surface area contributed by atoms with Gasteiger partial charge in [-0.05, 0) is 47.6 Å². The normalized spacial score (nSPS) is 24.1. The first-order valence-electron chi connectivity index (χ1n) is 17.6. The number of imide groups is 1. The van der Waals surface area contributed by atoms with Gasteiger partial charge < -0.3 is 24.6 Å². The Labute approximate surface area is 288 Å². The Bertz CT molecular complexity index is 1740. The van der Waals surface area contributed by atoms with Gasteiger partial charge in [0, 0.05) is 83.3 Å². The number of carbonyl (C=O) groups is 3. The smallest absolute Gasteiger partial charge is 0.328 e. The highest BCUT2D eigenvalue weighted by molar-refractivity contribution is 6.09. The highest BCUT2D eigenvalue weighted by Gasteiger charge is 2.70. The molecular weight excluding hydrogens is 620 g/mol. The number of benzene rings is 3. The molecule has 4 aliphatic rings. The lowest BCUT2D eigenvalue weighted by Crippen LogP contribution is -2.51. The summed E-state index contributed by atoms with van der Waals surface area (Å²) >= 11 is 0. The highest BCUT2D eigenvalue weighted by atomic mass is 16.5. The number of amides is 4. The summed E-state index contributed by atoms with van der Waals surface area (Å²) in [6.45, 7) is 7.68. The molecule has 49 heavy (non-hydrogen) atoms. The van der Waals surface area contributed by atoms with Crippen LogP contribution < -0.4 is 15.0 Å². The van der Waals surface area contributed by atoms with Crippen LogP contribution in [0.2, 0.25) is 0 Å². The molecule has 3 atom stereocenters. The van der Waals surface area contributed by atoms with E-state index in [0.717, 1.165) is 53.5 Å². The second-order valence-electron chi connectivity index (χ2n) is 14.1. The number of morpholine rings is 1. The van der Waals surface area contributed by atoms with Gasteiger partial charge in [-0.3, -0.25) is 24.3 Å². The molecule has 1 spiro atoms. The number of hydrogen-bond acceptors (Lipinski definition) is 8. The molecule has 0 aromatic heterocycles. The van der Waals surface area contributed by atoms with Gasteiger partial charge in [0.25, 0.3) is 5.91 Å². The van der Waals surface area contributed by atoms with Crippen LogP contribution in [0.4, 0.5) is 16.2 Å². The van der Waals surface area contributed by atoms with Crippen molar-refractivity contribution in [2.75, 3.05) is 83.9 Å². The third-order valence-electron chi connectivity index (χ3n) is 10.9. The highest BCUT2D eigenvalue weighted by Crippen LogP contribution is 2.56. The summed E-state index contributed by atoms with van der Waals surface area (Å²) in [4.78, 5) is 51.9. The average Bonchev–Trinajstić information content (AvgIpc) is 3.67. The summed E-state index contributed by atoms with van der Waals surface area (Å²) in [5.74, 6) is 0.473. The van der Waals surface area contributed by atoms with Gasteiger partial charge in [0.1, 0.15) is 11.3 Å². The molecule has 11 heteroatoms. The molecule has 0 saturated carbocycles. The van der Waals surface area contributed by atoms with Gasteiger partial charge in [0.2, 0.25) is 5.91 Å². The van der Waals surface area contributed by atoms with Crippen molar-refractivity contribution in [2.24, 2.45) is 5.92 Å². The number of likely N-dealkylation sites (tertiary alicyclic amines) is 1. The van der Waals surface area contributed by atoms with Crippen molar-refractivity contribution in [3.63, 3.8) is 0 Å². The van der Waals surface area contributed by atoms with Crippen LogP contribution in [0.1, 0.15) is 43.4 Å². The predicted octanol–water partition coefficient (Wildman–Crippen LogP) is 4.57. The zero-order valence-corrected chi connectivity index (χ0v) is 29.1. The van der Waals surface area contributed by atoms with Gasteiger partial charge in [-0.15, -0.1) is 0 Å². The number of nitrogens with zero attached hydrogens (tertiary/aromatic N) is 5. The van der Waals surface area contributed by atoms with Crippen molar-refractivity contribution >= 4 is 40.0 Å². The maximum absolute atomic E-state index is 14.7. The quantitative estimate of drug-likeness (QED) is 0.297. The number of anilines is 2. The SMILES string of the molecule is CCCC(=O)Nc1cc(CN2C[C@H]3C[C@H](c4ccc(N(C)C)c5ccccc45)N4C(=O)N(CCN5CCOCC5)C(=O)[C@]34C2)ccc1OC. The van der Waals surface area contributed by atoms with Gasteiger partial charge in [0.15, 0.2) is 0 Å². The van der Waals surface area contributed by atoms with E-state index in [1.165, 1.54) is 4.90 Å². The lowest BCUT2D eigenvalue weighted by molar-refractivity contribution is -0.133. The van der Waals surface area contributed by atoms with Crippen molar-refractivity contribution in [3.8, 4) is 5.75 Å². The first-order valence-corrected chi connectivity index (χ1v) is 17.6. The van der Waals surface area contributed by atoms with Gasteiger partial charge in [-0.25, -0.2) is 4.79 Å². The van der Waals surface area contributed by atoms with Crippen LogP contribution in [0.25, 0.3) is 10.8 Å². The van der Waals surface area contributed by atoms with Gasteiger partial charge >= 0.3 is 6.03 Å². The number of hydrogen-bond donors (Lipinski definition) is 1. The number of rotatable bonds is 11. The molecular formula is C38H48N6O5. The van der Waals surface area contributed by atoms with E-state index in [2.05, 4.69) is 56.4 Å². The van der Waals surface area contributed by atoms with E-state index >= 15 is 0 Å². The van der Waals surface area contributed by atoms with Crippen molar-refractivity contribution in [3.05, 3.63) is 65.7 Å². The maximum Gasteiger partial charge on any atom is 0.328 e. The van der Waals surface area contributed by atoms with Gasteiger partial charge in [-0.1, -0.05) is 43.3 Å². The summed E-state index contributed by atoms with van der Waals surface area (Å²) in [6, 6.07) is 18.2. The summed E-state index contributed by atoms with van der Waals surface area (Å²) < 4.78 is 11.1. The fourth-order valence-corrected chi connectivity index (χ4v) is 8.58. The van der Waals surface area contributed by atoms with Crippen LogP contribution in [-0.2, 0) is 20.9 Å². The number of urea groups is 1. The zero-order chi connectivity index (χ0) is 34.3. The topological polar surface area (TPSA) is 97.9 Å². The van der Waals surface area contributed by atoms with E-state index in [-0.39, 0.29) is 29.8 Å². The maximum atomic E-state index is 14.7. The Morgan fingerprint density at radius 3 is 2.53 bits per heavy atom. The second-order valence-corrected chi connectivity index (χ2v) is 14.1. The second kappa shape index (κ2) is 13.6. The lowest BCUT2D eigenvalue weighted by Gasteiger charge is -2.33. The molecule has 0 aliphatic carbocycles. The van der Waals surface area contributed by atoms with E-state index in [0.29, 0.717) is 63.8 Å². The van der Waals surface area contributed by atoms with Crippen molar-refractivity contribution in [1.29, 1.82) is 0 Å². The molecule has 0 bridgehead atoms. The van der Waals surface area contributed by atoms with E-state index < -0.39 is 5.54 Å². The van der Waals surface area contributed by atoms with Crippen LogP contribution in [0, 0.1) is 5.92 Å². The molecule has 0 unspecified atom stereocenters. The van der Waals surface area contributed by atoms with Gasteiger partial charge in [0.05, 0.1) is 32.1 Å². The molecule has 260 valence electrons. The van der Waals surface area contributed by atoms with Crippen molar-refractivity contribution < 1.29 is 23.9 Å². The monoisotopic (exact) mass is 668 g/mol. The Hall–Kier alpha value is -4.19. The number of methoxy groups -OCH3 is 1. The first kappa shape index (κ1) is 33.3. The fraction of sp³-hybridized carbons (Fsp3) is 0.500. The van der Waals surface area contributed by atoms with Crippen molar-refractivity contribution in [1.82, 2.24) is 19.6 Å². The molecule has 4 saturated heterocycles. The lowest BCUT2D eigenvalue weighted by atomic mass is 9.87. The largest absolute Gasteiger partial charge is 0.495 e. The van der Waals surface area contributed by atoms with E-state index in [9.17, 15) is 14.4 Å². The number of carbonyl (C=O) groups excluding carboxylic acids is 3. The predicted molar refractivity (Wildman–Crippen MR) is 190 cm³/mol. The van der Waals surface area contributed by atoms with E-state index in [1.807, 2.05) is 44.1 Å². The van der Waals surface area contributed by atoms with Crippen molar-refractivity contribution in [2.45, 2.75) is 44.3 Å². The average molecular weight is 669 g/mol. The number of fused-ring (bicyclic) bond motifs is 1. The molecule has 4 heterocycles. The first-order chi connectivity index (χ1) is 23.7. The standard InChI is InChI=1S/C38H48N6O5/c1-5-8-35(45)39-31-21-26(11-14-34(31)48-4)23-42-24-27-22-33(30-12-13-32(40(2)3)29-10-7-6-9-28(29)30)44-37(47)43(36(46)38(27,44)25-42)16-15-41-17-19-49-20-18-41/h6-7,9-14,21,27,33H,5,8,15-20,22-25H2,1-4H3,(H,39,45)/t27-,33-,38+/m1/s1. The van der Waals surface area contributed by atoms with Crippen LogP contribution in [0.15, 0.2) is 54.6 Å². The molecule has 11 nitrogen and oxygen atoms in total. The van der Waals surface area contributed by atoms with Gasteiger partial charge in [-0.2, -0.15) is 0 Å². The summed E-state index contributed by atoms with van der Waals surface area (Å²) in [5.41, 5.74) is 2.95. The number of ether oxygens (including phenoxy) is 2. The summed E-state index contributed by atoms with van der Waals surface area (Å²) in [5, 5.41) is 5.26.